The number of aliphatic carboxylic acids is 3. The minimum atomic E-state index is -1.23. The van der Waals surface area contributed by atoms with E-state index in [0.29, 0.717) is 0 Å². The third-order valence-electron chi connectivity index (χ3n) is 7.41. The smallest absolute Gasteiger partial charge is 1.00 e. The molecule has 1 heterocycles. The van der Waals surface area contributed by atoms with Crippen LogP contribution in [-0.4, -0.2) is 169 Å². The van der Waals surface area contributed by atoms with E-state index >= 15 is 0 Å². The van der Waals surface area contributed by atoms with E-state index < -0.39 is 17.9 Å². The first kappa shape index (κ1) is 93.8. The van der Waals surface area contributed by atoms with E-state index in [-0.39, 0.29) is 106 Å². The van der Waals surface area contributed by atoms with E-state index in [1.54, 1.807) is 4.18 Å². The molecule has 0 bridgehead atoms. The van der Waals surface area contributed by atoms with E-state index in [0.717, 1.165) is 107 Å². The average Bonchev–Trinajstić information content (AvgIpc) is 3.36. The number of carboxylic acid groups (broad SMARTS) is 3. The number of likely N-dealkylation sites (N-methyl/N-ethyl adjacent to an activating group) is 3. The summed E-state index contributed by atoms with van der Waals surface area (Å²) >= 11 is 0.913. The van der Waals surface area contributed by atoms with Crippen LogP contribution in [0.4, 0.5) is 0 Å². The predicted molar refractivity (Wildman–Crippen MR) is 252 cm³/mol. The Morgan fingerprint density at radius 3 is 0.800 bits per heavy atom. The second kappa shape index (κ2) is 58.0. The topological polar surface area (TPSA) is 120 Å². The number of halogens is 2. The van der Waals surface area contributed by atoms with Gasteiger partial charge in [0, 0.05) is 0 Å². The first-order valence-electron chi connectivity index (χ1n) is 17.7. The Balaban J connectivity index is -0.0000000390. The number of quaternary nitrogens is 4. The molecule has 0 saturated carbocycles. The molecule has 10 nitrogen and oxygen atoms in total. The van der Waals surface area contributed by atoms with Crippen molar-refractivity contribution >= 4 is 42.3 Å². The van der Waals surface area contributed by atoms with Crippen molar-refractivity contribution in [3.63, 3.8) is 0 Å². The van der Waals surface area contributed by atoms with Gasteiger partial charge < -0.3 is 68.0 Å². The predicted octanol–water partition coefficient (Wildman–Crippen LogP) is -4.60. The van der Waals surface area contributed by atoms with Crippen LogP contribution >= 0.6 is 0 Å². The van der Waals surface area contributed by atoms with Crippen molar-refractivity contribution in [3.8, 4) is 0 Å². The van der Waals surface area contributed by atoms with Gasteiger partial charge in [-0.25, -0.2) is 0 Å². The summed E-state index contributed by atoms with van der Waals surface area (Å²) in [7, 11) is 17.7. The zero-order valence-corrected chi connectivity index (χ0v) is 47.6. The van der Waals surface area contributed by atoms with Crippen LogP contribution in [0, 0.1) is 11.8 Å². The molecule has 0 aromatic rings. The fourth-order valence-electron chi connectivity index (χ4n) is 4.89. The number of hydrogen-bond donors (Lipinski definition) is 0. The van der Waals surface area contributed by atoms with Gasteiger partial charge in [-0.2, -0.15) is 0 Å². The second-order valence-corrected chi connectivity index (χ2v) is 17.2. The summed E-state index contributed by atoms with van der Waals surface area (Å²) in [6.45, 7) is 42.0. The van der Waals surface area contributed by atoms with Crippen LogP contribution in [0.2, 0.25) is 4.18 Å². The van der Waals surface area contributed by atoms with Gasteiger partial charge in [0.2, 0.25) is 0 Å². The first-order chi connectivity index (χ1) is 24.3. The Morgan fingerprint density at radius 2 is 0.700 bits per heavy atom. The maximum absolute atomic E-state index is 9.14. The largest absolute Gasteiger partial charge is 1.00 e. The maximum atomic E-state index is 9.14. The summed E-state index contributed by atoms with van der Waals surface area (Å²) < 4.78 is 5.72. The molecule has 0 radical (unpaired) electrons. The Bertz CT molecular complexity index is 959. The number of hydrogen-bond acceptors (Lipinski definition) is 6. The molecule has 0 amide bonds. The van der Waals surface area contributed by atoms with Crippen LogP contribution in [0.15, 0.2) is 114 Å². The van der Waals surface area contributed by atoms with Crippen molar-refractivity contribution in [1.82, 2.24) is 0 Å². The van der Waals surface area contributed by atoms with Gasteiger partial charge in [-0.3, -0.25) is 0 Å². The van der Waals surface area contributed by atoms with Crippen LogP contribution in [0.25, 0.3) is 0 Å². The summed E-state index contributed by atoms with van der Waals surface area (Å²) in [6, 6.07) is 0. The SMILES string of the molecule is C.C.C.C.C=CC(=O)[O-].C=CC(=O)[O-].C=CC(=O)[O-].C=CC[N+](C)(C)CC=C.C=CC[N+](C)(C)CC=C.C=CC[N+](C)(C)CC=C.CCC1C[N+](C)(C)CC1[CH2][InH2].[Cl-].[Cl-].[K+]. The van der Waals surface area contributed by atoms with E-state index in [1.165, 1.54) is 24.0 Å². The molecule has 14 heteroatoms. The van der Waals surface area contributed by atoms with Crippen molar-refractivity contribution < 1.29 is 124 Å². The van der Waals surface area contributed by atoms with Gasteiger partial charge in [-0.15, -0.1) is 0 Å². The molecule has 1 aliphatic heterocycles. The normalized spacial score (nSPS) is 13.1. The zero-order valence-electron chi connectivity index (χ0n) is 37.3. The van der Waals surface area contributed by atoms with Gasteiger partial charge in [0.05, 0.1) is 99.5 Å². The molecule has 0 aliphatic carbocycles. The average molecular weight is 1020 g/mol. The van der Waals surface area contributed by atoms with Crippen LogP contribution in [0.3, 0.4) is 0 Å². The van der Waals surface area contributed by atoms with E-state index in [2.05, 4.69) is 123 Å². The van der Waals surface area contributed by atoms with Gasteiger partial charge in [0.1, 0.15) is 0 Å². The molecule has 0 N–H and O–H groups in total. The quantitative estimate of drug-likeness (QED) is 0.0627. The molecular formula is C46H94Cl2InKN4O6. The maximum Gasteiger partial charge on any atom is 1.00 e. The van der Waals surface area contributed by atoms with Crippen molar-refractivity contribution in [2.45, 2.75) is 47.2 Å². The molecule has 0 spiro atoms. The van der Waals surface area contributed by atoms with Crippen molar-refractivity contribution in [2.24, 2.45) is 11.8 Å². The van der Waals surface area contributed by atoms with E-state index in [9.17, 15) is 0 Å². The molecule has 352 valence electrons. The second-order valence-electron chi connectivity index (χ2n) is 14.8. The van der Waals surface area contributed by atoms with Crippen molar-refractivity contribution in [2.75, 3.05) is 109 Å². The monoisotopic (exact) mass is 1020 g/mol. The van der Waals surface area contributed by atoms with Gasteiger partial charge in [0.15, 0.2) is 0 Å². The molecular weight excluding hydrogens is 929 g/mol. The minimum Gasteiger partial charge on any atom is -1.00 e. The molecule has 1 saturated heterocycles. The molecule has 1 aliphatic rings. The van der Waals surface area contributed by atoms with E-state index in [1.807, 2.05) is 36.5 Å². The molecule has 1 rings (SSSR count). The van der Waals surface area contributed by atoms with Crippen molar-refractivity contribution in [3.05, 3.63) is 114 Å². The zero-order chi connectivity index (χ0) is 43.3. The van der Waals surface area contributed by atoms with Crippen molar-refractivity contribution in [1.29, 1.82) is 0 Å². The number of nitrogens with zero attached hydrogens (tertiary/aromatic N) is 4. The molecule has 0 aromatic heterocycles. The Labute approximate surface area is 443 Å². The Kier molecular flexibility index (Phi) is 90.7. The summed E-state index contributed by atoms with van der Waals surface area (Å²) in [5.74, 6) is -1.56. The number of carbonyl (C=O) groups is 3. The summed E-state index contributed by atoms with van der Waals surface area (Å²) in [6.07, 6.45) is 15.2. The van der Waals surface area contributed by atoms with Gasteiger partial charge >= 0.3 is 137 Å². The number of carbonyl (C=O) groups excluding carboxylic acids is 3. The van der Waals surface area contributed by atoms with Gasteiger partial charge in [-0.1, -0.05) is 88.9 Å². The summed E-state index contributed by atoms with van der Waals surface area (Å²) in [4.78, 5) is 27.4. The summed E-state index contributed by atoms with van der Waals surface area (Å²) in [5.41, 5.74) is 0. The molecule has 0 aromatic carbocycles. The molecule has 2 unspecified atom stereocenters. The molecule has 1 fully saturated rings. The fourth-order valence-corrected chi connectivity index (χ4v) is 7.53. The van der Waals surface area contributed by atoms with Gasteiger partial charge in [0.25, 0.3) is 0 Å². The minimum absolute atomic E-state index is 0. The van der Waals surface area contributed by atoms with Crippen LogP contribution in [0.1, 0.15) is 43.1 Å². The molecule has 2 atom stereocenters. The number of rotatable bonds is 17. The Hall–Kier alpha value is -1.00. The standard InChI is InChI=1S/C9H19N.3C8H16N.3C3H4O2.4CH4.2ClH.In.K.2H/c1-5-9-7-10(3,4)6-8(9)2;3*1-5-7-9(3,4)8-6-2;3*1-2-3(4)5;;;;;;;;;;/h8-9H,2,5-7H2,1,3-4H3;3*5-6H,1-2,7-8H2,3-4H3;3*2H,1H2,(H,4,5);4*1H4;2*1H;;;;/q4*+1;;;;;;;;;;;+1;;/p-5. The van der Waals surface area contributed by atoms with Gasteiger partial charge in [-0.05, 0) is 54.7 Å². The van der Waals surface area contributed by atoms with Crippen LogP contribution < -0.4 is 91.5 Å². The third kappa shape index (κ3) is 80.9. The first-order valence-corrected chi connectivity index (χ1v) is 21.7. The van der Waals surface area contributed by atoms with Crippen LogP contribution in [-0.2, 0) is 14.4 Å². The fraction of sp³-hybridized carbons (Fsp3) is 0.543. The third-order valence-corrected chi connectivity index (χ3v) is 10.4. The summed E-state index contributed by atoms with van der Waals surface area (Å²) in [5, 5.41) is 27.4. The Morgan fingerprint density at radius 1 is 0.533 bits per heavy atom. The molecule has 60 heavy (non-hydrogen) atoms. The van der Waals surface area contributed by atoms with E-state index in [4.69, 9.17) is 29.7 Å². The number of carboxylic acids is 3. The number of likely N-dealkylation sites (tertiary alicyclic amines) is 1. The van der Waals surface area contributed by atoms with Crippen LogP contribution in [0.5, 0.6) is 0 Å².